The lowest BCUT2D eigenvalue weighted by atomic mass is 9.98. The smallest absolute Gasteiger partial charge is 0.342 e. The molecular formula is C29H32O13. The quantitative estimate of drug-likeness (QED) is 0.299. The third kappa shape index (κ3) is 9.01. The van der Waals surface area contributed by atoms with Gasteiger partial charge in [0.05, 0.1) is 6.61 Å². The molecule has 1 unspecified atom stereocenters. The van der Waals surface area contributed by atoms with Gasteiger partial charge in [0.2, 0.25) is 12.4 Å². The Balaban J connectivity index is 2.00. The number of aliphatic hydroxyl groups is 1. The molecule has 1 aliphatic rings. The average Bonchev–Trinajstić information content (AvgIpc) is 2.93. The summed E-state index contributed by atoms with van der Waals surface area (Å²) in [6.07, 6.45) is -7.15. The predicted octanol–water partition coefficient (Wildman–Crippen LogP) is 2.00. The standard InChI is InChI=1S/C29H32O13/c1-16(31)36-15-24-25(38-17(2)32)26(39-18(3)33)27(40-19(4)34)29(42-24)41-23-11-10-21(13-30)12-22(23)28(35)37-14-20-8-6-5-7-9-20/h5-12,24-27,29-30H,13-15H2,1-4H3/t24-,25+,26+,27?,29-/m1/s1. The van der Waals surface area contributed by atoms with Crippen LogP contribution in [0, 0.1) is 0 Å². The lowest BCUT2D eigenvalue weighted by Gasteiger charge is -2.44. The van der Waals surface area contributed by atoms with Crippen LogP contribution in [0.2, 0.25) is 0 Å². The molecule has 5 atom stereocenters. The van der Waals surface area contributed by atoms with Crippen molar-refractivity contribution < 1.29 is 62.2 Å². The first-order valence-corrected chi connectivity index (χ1v) is 12.9. The molecule has 13 heteroatoms. The van der Waals surface area contributed by atoms with Crippen molar-refractivity contribution in [2.24, 2.45) is 0 Å². The van der Waals surface area contributed by atoms with Crippen LogP contribution in [-0.2, 0) is 60.8 Å². The van der Waals surface area contributed by atoms with Crippen LogP contribution in [0.25, 0.3) is 0 Å². The molecule has 1 fully saturated rings. The molecule has 0 bridgehead atoms. The van der Waals surface area contributed by atoms with Crippen molar-refractivity contribution in [2.45, 2.75) is 71.6 Å². The maximum absolute atomic E-state index is 13.1. The van der Waals surface area contributed by atoms with Gasteiger partial charge in [0.15, 0.2) is 12.2 Å². The minimum atomic E-state index is -1.56. The highest BCUT2D eigenvalue weighted by Gasteiger charge is 2.53. The van der Waals surface area contributed by atoms with Gasteiger partial charge in [0.25, 0.3) is 0 Å². The number of benzene rings is 2. The molecule has 2 aromatic rings. The first-order chi connectivity index (χ1) is 20.0. The maximum atomic E-state index is 13.1. The molecule has 0 radical (unpaired) electrons. The van der Waals surface area contributed by atoms with Crippen LogP contribution in [0.15, 0.2) is 48.5 Å². The highest BCUT2D eigenvalue weighted by molar-refractivity contribution is 5.92. The summed E-state index contributed by atoms with van der Waals surface area (Å²) in [4.78, 5) is 60.8. The molecule has 1 saturated heterocycles. The van der Waals surface area contributed by atoms with Crippen molar-refractivity contribution in [3.05, 3.63) is 65.2 Å². The molecule has 42 heavy (non-hydrogen) atoms. The van der Waals surface area contributed by atoms with Crippen molar-refractivity contribution in [1.29, 1.82) is 0 Å². The monoisotopic (exact) mass is 588 g/mol. The Morgan fingerprint density at radius 3 is 1.95 bits per heavy atom. The first kappa shape index (κ1) is 32.0. The summed E-state index contributed by atoms with van der Waals surface area (Å²) in [6, 6.07) is 13.1. The molecule has 226 valence electrons. The van der Waals surface area contributed by atoms with Gasteiger partial charge < -0.3 is 38.3 Å². The Morgan fingerprint density at radius 2 is 1.36 bits per heavy atom. The van der Waals surface area contributed by atoms with E-state index in [0.717, 1.165) is 33.3 Å². The van der Waals surface area contributed by atoms with Crippen molar-refractivity contribution in [3.8, 4) is 5.75 Å². The van der Waals surface area contributed by atoms with E-state index in [1.165, 1.54) is 18.2 Å². The summed E-state index contributed by atoms with van der Waals surface area (Å²) < 4.78 is 38.6. The number of ether oxygens (including phenoxy) is 7. The summed E-state index contributed by atoms with van der Waals surface area (Å²) >= 11 is 0. The van der Waals surface area contributed by atoms with E-state index in [-0.39, 0.29) is 17.9 Å². The second kappa shape index (κ2) is 14.9. The van der Waals surface area contributed by atoms with Gasteiger partial charge in [-0.1, -0.05) is 36.4 Å². The highest BCUT2D eigenvalue weighted by Crippen LogP contribution is 2.32. The summed E-state index contributed by atoms with van der Waals surface area (Å²) in [5, 5.41) is 9.66. The van der Waals surface area contributed by atoms with Crippen LogP contribution in [-0.4, -0.2) is 72.3 Å². The van der Waals surface area contributed by atoms with E-state index in [0.29, 0.717) is 5.56 Å². The molecule has 1 N–H and O–H groups in total. The highest BCUT2D eigenvalue weighted by atomic mass is 16.7. The molecule has 1 aliphatic heterocycles. The number of aliphatic hydroxyl groups excluding tert-OH is 1. The normalized spacial score (nSPS) is 21.4. The second-order valence-electron chi connectivity index (χ2n) is 9.24. The number of carbonyl (C=O) groups excluding carboxylic acids is 5. The number of rotatable bonds is 11. The maximum Gasteiger partial charge on any atom is 0.342 e. The molecule has 0 spiro atoms. The molecular weight excluding hydrogens is 556 g/mol. The van der Waals surface area contributed by atoms with Gasteiger partial charge in [-0.3, -0.25) is 19.2 Å². The fraction of sp³-hybridized carbons (Fsp3) is 0.414. The molecule has 0 aliphatic carbocycles. The van der Waals surface area contributed by atoms with Crippen LogP contribution in [0.1, 0.15) is 49.2 Å². The number of hydrogen-bond donors (Lipinski definition) is 1. The molecule has 0 aromatic heterocycles. The van der Waals surface area contributed by atoms with Gasteiger partial charge in [0.1, 0.15) is 30.6 Å². The molecule has 2 aromatic carbocycles. The molecule has 3 rings (SSSR count). The minimum Gasteiger partial charge on any atom is -0.463 e. The topological polar surface area (TPSA) is 170 Å². The van der Waals surface area contributed by atoms with Crippen LogP contribution < -0.4 is 4.74 Å². The van der Waals surface area contributed by atoms with E-state index < -0.39 is 73.8 Å². The SMILES string of the molecule is CC(=O)OC[C@H]1O[C@@H](Oc2ccc(CO)cc2C(=O)OCc2ccccc2)C(OC(C)=O)[C@@H](OC(C)=O)[C@H]1OC(C)=O. The predicted molar refractivity (Wildman–Crippen MR) is 141 cm³/mol. The zero-order valence-corrected chi connectivity index (χ0v) is 23.5. The zero-order valence-electron chi connectivity index (χ0n) is 23.5. The van der Waals surface area contributed by atoms with Crippen molar-refractivity contribution in [2.75, 3.05) is 6.61 Å². The molecule has 0 saturated carbocycles. The van der Waals surface area contributed by atoms with E-state index in [1.807, 2.05) is 6.07 Å². The van der Waals surface area contributed by atoms with Crippen molar-refractivity contribution >= 4 is 29.8 Å². The summed E-state index contributed by atoms with van der Waals surface area (Å²) in [5.74, 6) is -3.96. The number of hydrogen-bond acceptors (Lipinski definition) is 13. The summed E-state index contributed by atoms with van der Waals surface area (Å²) in [7, 11) is 0. The fourth-order valence-corrected chi connectivity index (χ4v) is 4.15. The molecule has 0 amide bonds. The van der Waals surface area contributed by atoms with Gasteiger partial charge in [-0.15, -0.1) is 0 Å². The second-order valence-corrected chi connectivity index (χ2v) is 9.24. The van der Waals surface area contributed by atoms with Gasteiger partial charge in [0, 0.05) is 27.7 Å². The van der Waals surface area contributed by atoms with Gasteiger partial charge in [-0.2, -0.15) is 0 Å². The van der Waals surface area contributed by atoms with E-state index >= 15 is 0 Å². The van der Waals surface area contributed by atoms with Crippen LogP contribution in [0.5, 0.6) is 5.75 Å². The van der Waals surface area contributed by atoms with Gasteiger partial charge in [-0.05, 0) is 23.3 Å². The van der Waals surface area contributed by atoms with E-state index in [2.05, 4.69) is 0 Å². The van der Waals surface area contributed by atoms with Crippen LogP contribution in [0.4, 0.5) is 0 Å². The number of carbonyl (C=O) groups is 5. The third-order valence-electron chi connectivity index (χ3n) is 5.85. The Labute approximate surface area is 241 Å². The van der Waals surface area contributed by atoms with E-state index in [9.17, 15) is 29.1 Å². The Hall–Kier alpha value is -4.49. The Morgan fingerprint density at radius 1 is 0.738 bits per heavy atom. The average molecular weight is 589 g/mol. The van der Waals surface area contributed by atoms with Crippen molar-refractivity contribution in [3.63, 3.8) is 0 Å². The zero-order chi connectivity index (χ0) is 30.8. The molecule has 1 heterocycles. The van der Waals surface area contributed by atoms with Gasteiger partial charge >= 0.3 is 29.8 Å². The summed E-state index contributed by atoms with van der Waals surface area (Å²) in [5.41, 5.74) is 1.01. The van der Waals surface area contributed by atoms with Crippen molar-refractivity contribution in [1.82, 2.24) is 0 Å². The Kier molecular flexibility index (Phi) is 11.4. The fourth-order valence-electron chi connectivity index (χ4n) is 4.15. The van der Waals surface area contributed by atoms with E-state index in [1.54, 1.807) is 24.3 Å². The van der Waals surface area contributed by atoms with Crippen LogP contribution >= 0.6 is 0 Å². The minimum absolute atomic E-state index is 0.0541. The first-order valence-electron chi connectivity index (χ1n) is 12.9. The van der Waals surface area contributed by atoms with Crippen LogP contribution in [0.3, 0.4) is 0 Å². The summed E-state index contributed by atoms with van der Waals surface area (Å²) in [6.45, 7) is 3.55. The third-order valence-corrected chi connectivity index (χ3v) is 5.85. The largest absolute Gasteiger partial charge is 0.463 e. The molecule has 13 nitrogen and oxygen atoms in total. The van der Waals surface area contributed by atoms with E-state index in [4.69, 9.17) is 33.2 Å². The van der Waals surface area contributed by atoms with Gasteiger partial charge in [-0.25, -0.2) is 4.79 Å². The Bertz CT molecular complexity index is 1280. The lowest BCUT2D eigenvalue weighted by Crippen LogP contribution is -2.63. The lowest BCUT2D eigenvalue weighted by molar-refractivity contribution is -0.288. The number of esters is 5.